The number of nitrogens with zero attached hydrogens (tertiary/aromatic N) is 1. The molecule has 0 spiro atoms. The van der Waals surface area contributed by atoms with Gasteiger partial charge in [-0.05, 0) is 30.2 Å². The van der Waals surface area contributed by atoms with Crippen molar-refractivity contribution in [2.75, 3.05) is 20.2 Å². The van der Waals surface area contributed by atoms with Crippen molar-refractivity contribution in [2.24, 2.45) is 0 Å². The van der Waals surface area contributed by atoms with Crippen LogP contribution in [0.15, 0.2) is 54.6 Å². The zero-order chi connectivity index (χ0) is 18.8. The summed E-state index contributed by atoms with van der Waals surface area (Å²) in [5.74, 6) is 0.753. The van der Waals surface area contributed by atoms with Crippen LogP contribution >= 0.6 is 0 Å². The number of hydrogen-bond donors (Lipinski definition) is 1. The summed E-state index contributed by atoms with van der Waals surface area (Å²) in [7, 11) is 1.77. The number of hydrogen-bond acceptors (Lipinski definition) is 3. The maximum Gasteiger partial charge on any atom is 0.224 e. The van der Waals surface area contributed by atoms with Gasteiger partial charge in [-0.2, -0.15) is 0 Å². The number of nitrogens with one attached hydrogen (secondary N) is 1. The van der Waals surface area contributed by atoms with Crippen LogP contribution in [0.3, 0.4) is 0 Å². The summed E-state index contributed by atoms with van der Waals surface area (Å²) in [6.45, 7) is 3.45. The lowest BCUT2D eigenvalue weighted by Gasteiger charge is -2.17. The number of amides is 2. The Balaban J connectivity index is 1.70. The second-order valence-corrected chi connectivity index (χ2v) is 6.09. The lowest BCUT2D eigenvalue weighted by atomic mass is 10.1. The fourth-order valence-corrected chi connectivity index (χ4v) is 2.56. The van der Waals surface area contributed by atoms with Gasteiger partial charge in [-0.25, -0.2) is 0 Å². The summed E-state index contributed by atoms with van der Waals surface area (Å²) in [4.78, 5) is 25.8. The van der Waals surface area contributed by atoms with Gasteiger partial charge in [-0.15, -0.1) is 0 Å². The number of carbonyl (C=O) groups is 2. The van der Waals surface area contributed by atoms with Crippen LogP contribution in [-0.4, -0.2) is 36.9 Å². The van der Waals surface area contributed by atoms with Crippen LogP contribution in [0.1, 0.15) is 24.5 Å². The molecule has 0 aliphatic heterocycles. The van der Waals surface area contributed by atoms with E-state index >= 15 is 0 Å². The molecule has 5 nitrogen and oxygen atoms in total. The van der Waals surface area contributed by atoms with Gasteiger partial charge in [0, 0.05) is 26.6 Å². The van der Waals surface area contributed by atoms with Gasteiger partial charge < -0.3 is 15.0 Å². The van der Waals surface area contributed by atoms with Crippen LogP contribution in [0.2, 0.25) is 0 Å². The summed E-state index contributed by atoms with van der Waals surface area (Å²) in [6, 6.07) is 17.3. The van der Waals surface area contributed by atoms with Crippen LogP contribution in [0, 0.1) is 0 Å². The minimum atomic E-state index is -0.0711. The molecular weight excluding hydrogens is 328 g/mol. The van der Waals surface area contributed by atoms with Gasteiger partial charge in [0.25, 0.3) is 0 Å². The van der Waals surface area contributed by atoms with Crippen LogP contribution < -0.4 is 10.1 Å². The highest BCUT2D eigenvalue weighted by Gasteiger charge is 2.10. The molecule has 0 heterocycles. The Kier molecular flexibility index (Phi) is 7.68. The average molecular weight is 354 g/mol. The van der Waals surface area contributed by atoms with Crippen molar-refractivity contribution in [3.63, 3.8) is 0 Å². The zero-order valence-electron chi connectivity index (χ0n) is 15.4. The summed E-state index contributed by atoms with van der Waals surface area (Å²) in [5.41, 5.74) is 2.00. The van der Waals surface area contributed by atoms with Gasteiger partial charge in [0.2, 0.25) is 11.8 Å². The summed E-state index contributed by atoms with van der Waals surface area (Å²) < 4.78 is 5.41. The second kappa shape index (κ2) is 10.2. The van der Waals surface area contributed by atoms with Crippen molar-refractivity contribution in [1.82, 2.24) is 10.2 Å². The molecule has 0 aliphatic rings. The molecule has 0 aliphatic carbocycles. The van der Waals surface area contributed by atoms with Crippen LogP contribution in [0.25, 0.3) is 0 Å². The largest absolute Gasteiger partial charge is 0.494 e. The molecule has 0 atom stereocenters. The number of ether oxygens (including phenoxy) is 1. The Hall–Kier alpha value is -2.82. The summed E-state index contributed by atoms with van der Waals surface area (Å²) >= 11 is 0. The molecule has 2 amide bonds. The Morgan fingerprint density at radius 2 is 1.69 bits per heavy atom. The van der Waals surface area contributed by atoms with Crippen molar-refractivity contribution in [2.45, 2.75) is 26.3 Å². The number of rotatable bonds is 9. The van der Waals surface area contributed by atoms with E-state index in [4.69, 9.17) is 4.74 Å². The standard InChI is InChI=1S/C21H26N2O3/c1-3-26-19-11-9-18(10-12-19)16-23(2)21(25)13-14-22-20(24)15-17-7-5-4-6-8-17/h4-12H,3,13-16H2,1-2H3,(H,22,24). The molecule has 0 radical (unpaired) electrons. The lowest BCUT2D eigenvalue weighted by Crippen LogP contribution is -2.32. The Bertz CT molecular complexity index is 699. The monoisotopic (exact) mass is 354 g/mol. The minimum Gasteiger partial charge on any atom is -0.494 e. The van der Waals surface area contributed by atoms with Crippen LogP contribution in [-0.2, 0) is 22.6 Å². The molecule has 0 fully saturated rings. The van der Waals surface area contributed by atoms with Gasteiger partial charge in [-0.1, -0.05) is 42.5 Å². The molecule has 0 bridgehead atoms. The minimum absolute atomic E-state index is 0.00102. The Morgan fingerprint density at radius 3 is 2.35 bits per heavy atom. The van der Waals surface area contributed by atoms with Gasteiger partial charge in [0.05, 0.1) is 13.0 Å². The first-order valence-corrected chi connectivity index (χ1v) is 8.85. The van der Waals surface area contributed by atoms with E-state index in [0.717, 1.165) is 16.9 Å². The maximum absolute atomic E-state index is 12.2. The molecular formula is C21H26N2O3. The first-order valence-electron chi connectivity index (χ1n) is 8.85. The summed E-state index contributed by atoms with van der Waals surface area (Å²) in [6.07, 6.45) is 0.616. The fourth-order valence-electron chi connectivity index (χ4n) is 2.56. The van der Waals surface area contributed by atoms with Crippen molar-refractivity contribution in [1.29, 1.82) is 0 Å². The molecule has 0 saturated carbocycles. The highest BCUT2D eigenvalue weighted by atomic mass is 16.5. The molecule has 2 aromatic carbocycles. The highest BCUT2D eigenvalue weighted by Crippen LogP contribution is 2.13. The average Bonchev–Trinajstić information content (AvgIpc) is 2.64. The summed E-state index contributed by atoms with van der Waals surface area (Å²) in [5, 5.41) is 2.80. The first-order chi connectivity index (χ1) is 12.6. The van der Waals surface area contributed by atoms with E-state index in [1.165, 1.54) is 0 Å². The molecule has 0 aromatic heterocycles. The molecule has 2 aromatic rings. The van der Waals surface area contributed by atoms with Crippen molar-refractivity contribution < 1.29 is 14.3 Å². The molecule has 138 valence electrons. The Morgan fingerprint density at radius 1 is 1.00 bits per heavy atom. The molecule has 1 N–H and O–H groups in total. The maximum atomic E-state index is 12.2. The predicted molar refractivity (Wildman–Crippen MR) is 102 cm³/mol. The second-order valence-electron chi connectivity index (χ2n) is 6.09. The van der Waals surface area contributed by atoms with Crippen molar-refractivity contribution >= 4 is 11.8 Å². The van der Waals surface area contributed by atoms with Gasteiger partial charge >= 0.3 is 0 Å². The number of carbonyl (C=O) groups excluding carboxylic acids is 2. The van der Waals surface area contributed by atoms with E-state index in [0.29, 0.717) is 26.1 Å². The first kappa shape index (κ1) is 19.5. The van der Waals surface area contributed by atoms with Gasteiger partial charge in [0.15, 0.2) is 0 Å². The van der Waals surface area contributed by atoms with E-state index in [-0.39, 0.29) is 18.2 Å². The van der Waals surface area contributed by atoms with E-state index in [2.05, 4.69) is 5.32 Å². The molecule has 5 heteroatoms. The van der Waals surface area contributed by atoms with Crippen molar-refractivity contribution in [3.05, 3.63) is 65.7 Å². The third-order valence-corrected chi connectivity index (χ3v) is 3.95. The van der Waals surface area contributed by atoms with Gasteiger partial charge in [-0.3, -0.25) is 9.59 Å². The van der Waals surface area contributed by atoms with Crippen molar-refractivity contribution in [3.8, 4) is 5.75 Å². The normalized spacial score (nSPS) is 10.2. The number of benzene rings is 2. The lowest BCUT2D eigenvalue weighted by molar-refractivity contribution is -0.130. The molecule has 0 unspecified atom stereocenters. The molecule has 0 saturated heterocycles. The topological polar surface area (TPSA) is 58.6 Å². The third-order valence-electron chi connectivity index (χ3n) is 3.95. The van der Waals surface area contributed by atoms with E-state index in [9.17, 15) is 9.59 Å². The quantitative estimate of drug-likeness (QED) is 0.753. The zero-order valence-corrected chi connectivity index (χ0v) is 15.4. The molecule has 2 rings (SSSR count). The smallest absolute Gasteiger partial charge is 0.224 e. The third kappa shape index (κ3) is 6.59. The van der Waals surface area contributed by atoms with Gasteiger partial charge in [0.1, 0.15) is 5.75 Å². The van der Waals surface area contributed by atoms with E-state index < -0.39 is 0 Å². The Labute approximate surface area is 155 Å². The van der Waals surface area contributed by atoms with E-state index in [1.54, 1.807) is 11.9 Å². The predicted octanol–water partition coefficient (Wildman–Crippen LogP) is 2.79. The van der Waals surface area contributed by atoms with Crippen LogP contribution in [0.4, 0.5) is 0 Å². The molecule has 26 heavy (non-hydrogen) atoms. The SMILES string of the molecule is CCOc1ccc(CN(C)C(=O)CCNC(=O)Cc2ccccc2)cc1. The van der Waals surface area contributed by atoms with E-state index in [1.807, 2.05) is 61.5 Å². The van der Waals surface area contributed by atoms with Crippen LogP contribution in [0.5, 0.6) is 5.75 Å². The fraction of sp³-hybridized carbons (Fsp3) is 0.333. The highest BCUT2D eigenvalue weighted by molar-refractivity contribution is 5.80.